The van der Waals surface area contributed by atoms with Crippen molar-refractivity contribution in [3.05, 3.63) is 113 Å². The molecular formula is C31H26FNO5. The number of likely N-dealkylation sites (tertiary alicyclic amines) is 1. The molecule has 38 heavy (non-hydrogen) atoms. The van der Waals surface area contributed by atoms with Crippen molar-refractivity contribution in [2.45, 2.75) is 12.5 Å². The summed E-state index contributed by atoms with van der Waals surface area (Å²) in [5.74, 6) is -1.16. The van der Waals surface area contributed by atoms with Gasteiger partial charge in [0.2, 0.25) is 0 Å². The third-order valence-electron chi connectivity index (χ3n) is 6.86. The Morgan fingerprint density at radius 3 is 2.34 bits per heavy atom. The zero-order valence-corrected chi connectivity index (χ0v) is 21.0. The van der Waals surface area contributed by atoms with Gasteiger partial charge in [-0.1, -0.05) is 60.7 Å². The van der Waals surface area contributed by atoms with Crippen molar-refractivity contribution in [1.29, 1.82) is 0 Å². The molecule has 0 aliphatic carbocycles. The molecule has 1 heterocycles. The van der Waals surface area contributed by atoms with E-state index >= 15 is 0 Å². The number of hydrogen-bond acceptors (Lipinski definition) is 5. The summed E-state index contributed by atoms with van der Waals surface area (Å²) in [7, 11) is 3.02. The summed E-state index contributed by atoms with van der Waals surface area (Å²) in [4.78, 5) is 28.3. The van der Waals surface area contributed by atoms with Gasteiger partial charge >= 0.3 is 0 Å². The molecule has 7 heteroatoms. The first-order valence-electron chi connectivity index (χ1n) is 12.2. The van der Waals surface area contributed by atoms with E-state index in [1.54, 1.807) is 42.5 Å². The fraction of sp³-hybridized carbons (Fsp3) is 0.161. The standard InChI is InChI=1S/C31H26FNO5/c1-37-25-15-12-21(18-26(25)38-2)28-27(29(34)24-9-5-7-20-6-3-4-8-23(20)24)30(35)31(36)33(28)17-16-19-10-13-22(32)14-11-19/h3-15,18,28,34H,16-17H2,1-2H3/b29-27+. The van der Waals surface area contributed by atoms with E-state index < -0.39 is 17.7 Å². The van der Waals surface area contributed by atoms with Crippen LogP contribution < -0.4 is 9.47 Å². The lowest BCUT2D eigenvalue weighted by molar-refractivity contribution is -0.139. The van der Waals surface area contributed by atoms with Crippen LogP contribution in [0.15, 0.2) is 90.5 Å². The topological polar surface area (TPSA) is 76.1 Å². The van der Waals surface area contributed by atoms with Crippen LogP contribution in [0.2, 0.25) is 0 Å². The minimum absolute atomic E-state index is 0.00215. The second-order valence-corrected chi connectivity index (χ2v) is 9.01. The minimum Gasteiger partial charge on any atom is -0.507 e. The Hall–Kier alpha value is -4.65. The van der Waals surface area contributed by atoms with Crippen LogP contribution in [0.25, 0.3) is 16.5 Å². The fourth-order valence-corrected chi connectivity index (χ4v) is 4.96. The molecule has 0 bridgehead atoms. The van der Waals surface area contributed by atoms with Crippen LogP contribution in [0.4, 0.5) is 4.39 Å². The molecule has 1 fully saturated rings. The minimum atomic E-state index is -0.866. The summed E-state index contributed by atoms with van der Waals surface area (Å²) in [6.07, 6.45) is 0.394. The van der Waals surface area contributed by atoms with Gasteiger partial charge in [-0.25, -0.2) is 4.39 Å². The third kappa shape index (κ3) is 4.47. The average molecular weight is 512 g/mol. The van der Waals surface area contributed by atoms with E-state index in [4.69, 9.17) is 9.47 Å². The van der Waals surface area contributed by atoms with E-state index in [0.29, 0.717) is 29.0 Å². The number of ketones is 1. The number of methoxy groups -OCH3 is 2. The summed E-state index contributed by atoms with van der Waals surface area (Å²) in [6.45, 7) is 0.182. The summed E-state index contributed by atoms with van der Waals surface area (Å²) in [6, 6.07) is 23.3. The van der Waals surface area contributed by atoms with Crippen molar-refractivity contribution in [2.75, 3.05) is 20.8 Å². The number of amides is 1. The van der Waals surface area contributed by atoms with Crippen molar-refractivity contribution < 1.29 is 28.6 Å². The number of fused-ring (bicyclic) bond motifs is 1. The van der Waals surface area contributed by atoms with E-state index in [9.17, 15) is 19.1 Å². The van der Waals surface area contributed by atoms with Gasteiger partial charge in [0.05, 0.1) is 25.8 Å². The Morgan fingerprint density at radius 1 is 0.895 bits per heavy atom. The van der Waals surface area contributed by atoms with E-state index in [0.717, 1.165) is 16.3 Å². The van der Waals surface area contributed by atoms with Crippen LogP contribution in [0.1, 0.15) is 22.7 Å². The normalized spacial score (nSPS) is 16.7. The number of aliphatic hydroxyl groups excluding tert-OH is 1. The first kappa shape index (κ1) is 25.0. The van der Waals surface area contributed by atoms with Crippen LogP contribution >= 0.6 is 0 Å². The quantitative estimate of drug-likeness (QED) is 0.197. The van der Waals surface area contributed by atoms with Crippen molar-refractivity contribution in [3.8, 4) is 11.5 Å². The highest BCUT2D eigenvalue weighted by Crippen LogP contribution is 2.42. The molecule has 1 saturated heterocycles. The molecule has 4 aromatic rings. The van der Waals surface area contributed by atoms with Crippen molar-refractivity contribution in [2.24, 2.45) is 0 Å². The van der Waals surface area contributed by atoms with Crippen LogP contribution in [-0.4, -0.2) is 42.5 Å². The first-order valence-corrected chi connectivity index (χ1v) is 12.2. The summed E-state index contributed by atoms with van der Waals surface area (Å²) < 4.78 is 24.2. The van der Waals surface area contributed by atoms with Gasteiger partial charge in [-0.2, -0.15) is 0 Å². The SMILES string of the molecule is COc1ccc(C2/C(=C(\O)c3cccc4ccccc34)C(=O)C(=O)N2CCc2ccc(F)cc2)cc1OC. The Bertz CT molecular complexity index is 1560. The van der Waals surface area contributed by atoms with Crippen molar-refractivity contribution >= 4 is 28.2 Å². The van der Waals surface area contributed by atoms with Crippen LogP contribution in [0.3, 0.4) is 0 Å². The smallest absolute Gasteiger partial charge is 0.295 e. The zero-order valence-electron chi connectivity index (χ0n) is 21.0. The predicted octanol–water partition coefficient (Wildman–Crippen LogP) is 5.66. The number of nitrogens with zero attached hydrogens (tertiary/aromatic N) is 1. The Labute approximate surface area is 219 Å². The highest BCUT2D eigenvalue weighted by Gasteiger charge is 2.46. The molecule has 1 unspecified atom stereocenters. The van der Waals surface area contributed by atoms with Gasteiger partial charge in [-0.3, -0.25) is 9.59 Å². The molecule has 0 saturated carbocycles. The molecule has 1 aliphatic rings. The third-order valence-corrected chi connectivity index (χ3v) is 6.86. The molecule has 1 amide bonds. The maximum atomic E-state index is 13.5. The van der Waals surface area contributed by atoms with Gasteiger partial charge < -0.3 is 19.5 Å². The number of benzene rings is 4. The van der Waals surface area contributed by atoms with Gasteiger partial charge in [0.25, 0.3) is 11.7 Å². The summed E-state index contributed by atoms with van der Waals surface area (Å²) in [5, 5.41) is 13.2. The van der Waals surface area contributed by atoms with Crippen LogP contribution in [0.5, 0.6) is 11.5 Å². The number of halogens is 1. The number of carbonyl (C=O) groups excluding carboxylic acids is 2. The second-order valence-electron chi connectivity index (χ2n) is 9.01. The van der Waals surface area contributed by atoms with Crippen LogP contribution in [0, 0.1) is 5.82 Å². The van der Waals surface area contributed by atoms with E-state index in [-0.39, 0.29) is 23.7 Å². The molecule has 6 nitrogen and oxygen atoms in total. The molecule has 0 aromatic heterocycles. The molecular weight excluding hydrogens is 485 g/mol. The Balaban J connectivity index is 1.65. The van der Waals surface area contributed by atoms with Gasteiger partial charge in [-0.15, -0.1) is 0 Å². The second kappa shape index (κ2) is 10.4. The molecule has 4 aromatic carbocycles. The number of aliphatic hydroxyl groups is 1. The highest BCUT2D eigenvalue weighted by atomic mass is 19.1. The monoisotopic (exact) mass is 511 g/mol. The molecule has 5 rings (SSSR count). The average Bonchev–Trinajstić information content (AvgIpc) is 3.20. The Kier molecular flexibility index (Phi) is 6.83. The Morgan fingerprint density at radius 2 is 1.61 bits per heavy atom. The molecule has 192 valence electrons. The maximum absolute atomic E-state index is 13.5. The van der Waals surface area contributed by atoms with Crippen molar-refractivity contribution in [3.63, 3.8) is 0 Å². The molecule has 1 N–H and O–H groups in total. The van der Waals surface area contributed by atoms with Crippen LogP contribution in [-0.2, 0) is 16.0 Å². The molecule has 1 atom stereocenters. The van der Waals surface area contributed by atoms with E-state index in [1.165, 1.54) is 31.3 Å². The lowest BCUT2D eigenvalue weighted by Crippen LogP contribution is -2.31. The molecule has 0 spiro atoms. The van der Waals surface area contributed by atoms with E-state index in [2.05, 4.69) is 0 Å². The molecule has 1 aliphatic heterocycles. The predicted molar refractivity (Wildman–Crippen MR) is 143 cm³/mol. The number of carbonyl (C=O) groups is 2. The largest absolute Gasteiger partial charge is 0.507 e. The number of ether oxygens (including phenoxy) is 2. The summed E-state index contributed by atoms with van der Waals surface area (Å²) in [5.41, 5.74) is 1.86. The van der Waals surface area contributed by atoms with Crippen molar-refractivity contribution in [1.82, 2.24) is 4.90 Å². The number of Topliss-reactive ketones (excluding diaryl/α,β-unsaturated/α-hetero) is 1. The number of rotatable bonds is 7. The molecule has 0 radical (unpaired) electrons. The van der Waals surface area contributed by atoms with Gasteiger partial charge in [-0.05, 0) is 52.6 Å². The first-order chi connectivity index (χ1) is 18.4. The lowest BCUT2D eigenvalue weighted by atomic mass is 9.93. The van der Waals surface area contributed by atoms with E-state index in [1.807, 2.05) is 30.3 Å². The number of hydrogen-bond donors (Lipinski definition) is 1. The zero-order chi connectivity index (χ0) is 26.8. The maximum Gasteiger partial charge on any atom is 0.295 e. The highest BCUT2D eigenvalue weighted by molar-refractivity contribution is 6.46. The lowest BCUT2D eigenvalue weighted by Gasteiger charge is -2.26. The van der Waals surface area contributed by atoms with Gasteiger partial charge in [0, 0.05) is 12.1 Å². The summed E-state index contributed by atoms with van der Waals surface area (Å²) >= 11 is 0. The van der Waals surface area contributed by atoms with Gasteiger partial charge in [0.1, 0.15) is 11.6 Å². The fourth-order valence-electron chi connectivity index (χ4n) is 4.96. The van der Waals surface area contributed by atoms with Gasteiger partial charge in [0.15, 0.2) is 11.5 Å².